The van der Waals surface area contributed by atoms with Gasteiger partial charge in [-0.25, -0.2) is 4.98 Å². The first-order valence-electron chi connectivity index (χ1n) is 9.30. The highest BCUT2D eigenvalue weighted by molar-refractivity contribution is 5.97. The number of aromatic nitrogens is 1. The molecule has 0 radical (unpaired) electrons. The van der Waals surface area contributed by atoms with E-state index in [9.17, 15) is 0 Å². The molecular weight excluding hydrogens is 346 g/mol. The monoisotopic (exact) mass is 375 g/mol. The Labute approximate surface area is 160 Å². The number of methoxy groups -OCH3 is 1. The molecule has 1 aromatic heterocycles. The maximum Gasteiger partial charge on any atom is 0.291 e. The summed E-state index contributed by atoms with van der Waals surface area (Å²) >= 11 is 0. The molecule has 3 rings (SSSR count). The van der Waals surface area contributed by atoms with E-state index in [0.29, 0.717) is 17.5 Å². The fraction of sp³-hybridized carbons (Fsp3) is 0.611. The summed E-state index contributed by atoms with van der Waals surface area (Å²) in [5.74, 6) is 0.257. The number of nitrogen functional groups attached to an aromatic ring is 1. The van der Waals surface area contributed by atoms with E-state index in [-0.39, 0.29) is 17.6 Å². The Balaban J connectivity index is 1.50. The van der Waals surface area contributed by atoms with Crippen molar-refractivity contribution in [3.8, 4) is 5.75 Å². The minimum absolute atomic E-state index is 0.00517. The van der Waals surface area contributed by atoms with Crippen LogP contribution in [-0.4, -0.2) is 91.1 Å². The van der Waals surface area contributed by atoms with Crippen molar-refractivity contribution in [2.24, 2.45) is 0 Å². The maximum absolute atomic E-state index is 8.20. The highest BCUT2D eigenvalue weighted by atomic mass is 16.5. The third-order valence-corrected chi connectivity index (χ3v) is 5.35. The van der Waals surface area contributed by atoms with Crippen LogP contribution in [0.2, 0.25) is 0 Å². The molecule has 0 atom stereocenters. The van der Waals surface area contributed by atoms with Gasteiger partial charge in [0.1, 0.15) is 11.4 Å². The molecule has 2 aliphatic heterocycles. The number of piperazine rings is 1. The molecule has 4 N–H and O–H groups in total. The van der Waals surface area contributed by atoms with Crippen molar-refractivity contribution < 1.29 is 9.47 Å². The number of rotatable bonds is 3. The number of anilines is 1. The predicted octanol–water partition coefficient (Wildman–Crippen LogP) is 0.661. The molecule has 2 fully saturated rings. The first kappa shape index (κ1) is 19.4. The van der Waals surface area contributed by atoms with Crippen molar-refractivity contribution in [1.82, 2.24) is 19.7 Å². The Morgan fingerprint density at radius 1 is 1.15 bits per heavy atom. The lowest BCUT2D eigenvalue weighted by Gasteiger charge is -2.42. The van der Waals surface area contributed by atoms with Gasteiger partial charge in [0.05, 0.1) is 19.0 Å². The van der Waals surface area contributed by atoms with Crippen LogP contribution in [0.5, 0.6) is 5.75 Å². The van der Waals surface area contributed by atoms with Gasteiger partial charge < -0.3 is 25.0 Å². The summed E-state index contributed by atoms with van der Waals surface area (Å²) < 4.78 is 10.6. The molecule has 0 spiro atoms. The fourth-order valence-electron chi connectivity index (χ4n) is 3.58. The number of hydrogen-bond donors (Lipinski definition) is 3. The summed E-state index contributed by atoms with van der Waals surface area (Å²) in [6.45, 7) is 6.00. The lowest BCUT2D eigenvalue weighted by molar-refractivity contribution is 0.0786. The topological polar surface area (TPSA) is 115 Å². The van der Waals surface area contributed by atoms with Gasteiger partial charge >= 0.3 is 0 Å². The van der Waals surface area contributed by atoms with Gasteiger partial charge in [-0.05, 0) is 19.9 Å². The van der Waals surface area contributed by atoms with E-state index < -0.39 is 0 Å². The molecule has 2 aliphatic rings. The number of nitrogens with one attached hydrogen (secondary N) is 2. The quantitative estimate of drug-likeness (QED) is 0.525. The Kier molecular flexibility index (Phi) is 6.12. The average Bonchev–Trinajstić information content (AvgIpc) is 2.69. The third-order valence-electron chi connectivity index (χ3n) is 5.35. The van der Waals surface area contributed by atoms with Crippen molar-refractivity contribution >= 4 is 17.6 Å². The van der Waals surface area contributed by atoms with Gasteiger partial charge in [-0.2, -0.15) is 0 Å². The van der Waals surface area contributed by atoms with E-state index in [1.807, 2.05) is 4.90 Å². The summed E-state index contributed by atoms with van der Waals surface area (Å²) in [5, 5.41) is 16.3. The van der Waals surface area contributed by atoms with Crippen molar-refractivity contribution in [2.45, 2.75) is 18.9 Å². The zero-order chi connectivity index (χ0) is 19.4. The van der Waals surface area contributed by atoms with Crippen LogP contribution >= 0.6 is 0 Å². The van der Waals surface area contributed by atoms with E-state index in [2.05, 4.69) is 21.8 Å². The molecule has 148 valence electrons. The van der Waals surface area contributed by atoms with Gasteiger partial charge in [0.25, 0.3) is 6.02 Å². The second-order valence-corrected chi connectivity index (χ2v) is 7.11. The average molecular weight is 375 g/mol. The number of ether oxygens (including phenoxy) is 2. The molecule has 0 aliphatic carbocycles. The number of nitrogens with two attached hydrogens (primary N) is 1. The zero-order valence-corrected chi connectivity index (χ0v) is 16.1. The Morgan fingerprint density at radius 3 is 2.44 bits per heavy atom. The second kappa shape index (κ2) is 8.53. The van der Waals surface area contributed by atoms with Gasteiger partial charge in [0.15, 0.2) is 0 Å². The number of likely N-dealkylation sites (N-methyl/N-ethyl adjacent to an activating group) is 1. The van der Waals surface area contributed by atoms with E-state index in [1.165, 1.54) is 13.3 Å². The van der Waals surface area contributed by atoms with Crippen molar-refractivity contribution in [3.63, 3.8) is 0 Å². The summed E-state index contributed by atoms with van der Waals surface area (Å²) in [7, 11) is 3.67. The molecule has 9 heteroatoms. The number of amidine groups is 1. The van der Waals surface area contributed by atoms with Crippen LogP contribution in [0.15, 0.2) is 12.3 Å². The van der Waals surface area contributed by atoms with Crippen LogP contribution < -0.4 is 10.5 Å². The molecule has 3 heterocycles. The highest BCUT2D eigenvalue weighted by Crippen LogP contribution is 2.21. The Hall–Kier alpha value is -2.39. The molecule has 0 saturated carbocycles. The van der Waals surface area contributed by atoms with Crippen LogP contribution in [0.4, 0.5) is 5.69 Å². The number of likely N-dealkylation sites (tertiary alicyclic amines) is 1. The largest absolute Gasteiger partial charge is 0.494 e. The molecule has 0 aromatic carbocycles. The van der Waals surface area contributed by atoms with Crippen LogP contribution in [0.25, 0.3) is 0 Å². The fourth-order valence-corrected chi connectivity index (χ4v) is 3.58. The number of nitrogens with zero attached hydrogens (tertiary/aromatic N) is 4. The van der Waals surface area contributed by atoms with Gasteiger partial charge in [-0.1, -0.05) is 0 Å². The van der Waals surface area contributed by atoms with Gasteiger partial charge in [0, 0.05) is 51.4 Å². The molecular formula is C18H29N7O2. The summed E-state index contributed by atoms with van der Waals surface area (Å²) in [6, 6.07) is 2.12. The summed E-state index contributed by atoms with van der Waals surface area (Å²) in [6.07, 6.45) is 3.45. The molecule has 9 nitrogen and oxygen atoms in total. The standard InChI is InChI=1S/C18H29N7O2/c1-23-7-9-24(10-8-23)13-3-5-25(6-4-13)18(21)27-17(20)15-11-16(26-2)14(19)12-22-15/h11-13,20-21H,3-10,19H2,1-2H3. The molecule has 1 aromatic rings. The Morgan fingerprint density at radius 2 is 1.81 bits per heavy atom. The van der Waals surface area contributed by atoms with E-state index >= 15 is 0 Å². The van der Waals surface area contributed by atoms with Crippen molar-refractivity contribution in [3.05, 3.63) is 18.0 Å². The zero-order valence-electron chi connectivity index (χ0n) is 16.1. The normalized spacial score (nSPS) is 19.7. The lowest BCUT2D eigenvalue weighted by atomic mass is 10.0. The number of piperidine rings is 1. The SMILES string of the molecule is COc1cc(C(=N)OC(=N)N2CCC(N3CCN(C)CC3)CC2)ncc1N. The van der Waals surface area contributed by atoms with Gasteiger partial charge in [-0.15, -0.1) is 0 Å². The molecule has 0 unspecified atom stereocenters. The van der Waals surface area contributed by atoms with E-state index in [1.54, 1.807) is 6.07 Å². The summed E-state index contributed by atoms with van der Waals surface area (Å²) in [4.78, 5) is 10.9. The smallest absolute Gasteiger partial charge is 0.291 e. The predicted molar refractivity (Wildman–Crippen MR) is 105 cm³/mol. The molecule has 27 heavy (non-hydrogen) atoms. The van der Waals surface area contributed by atoms with Crippen LogP contribution in [0.1, 0.15) is 18.5 Å². The lowest BCUT2D eigenvalue weighted by Crippen LogP contribution is -2.53. The van der Waals surface area contributed by atoms with E-state index in [4.69, 9.17) is 26.0 Å². The Bertz CT molecular complexity index is 680. The minimum atomic E-state index is -0.181. The molecule has 0 amide bonds. The third kappa shape index (κ3) is 4.67. The van der Waals surface area contributed by atoms with Gasteiger partial charge in [0.2, 0.25) is 5.90 Å². The molecule has 0 bridgehead atoms. The van der Waals surface area contributed by atoms with Crippen molar-refractivity contribution in [1.29, 1.82) is 10.8 Å². The van der Waals surface area contributed by atoms with Crippen LogP contribution in [0.3, 0.4) is 0 Å². The van der Waals surface area contributed by atoms with Crippen LogP contribution in [-0.2, 0) is 4.74 Å². The molecule has 2 saturated heterocycles. The second-order valence-electron chi connectivity index (χ2n) is 7.11. The first-order chi connectivity index (χ1) is 13.0. The van der Waals surface area contributed by atoms with E-state index in [0.717, 1.165) is 52.1 Å². The number of hydrogen-bond acceptors (Lipinski definition) is 8. The van der Waals surface area contributed by atoms with Gasteiger partial charge in [-0.3, -0.25) is 15.7 Å². The van der Waals surface area contributed by atoms with Crippen molar-refractivity contribution in [2.75, 3.05) is 59.2 Å². The first-order valence-corrected chi connectivity index (χ1v) is 9.30. The summed E-state index contributed by atoms with van der Waals surface area (Å²) in [5.41, 5.74) is 6.43. The highest BCUT2D eigenvalue weighted by Gasteiger charge is 2.28. The maximum atomic E-state index is 8.20. The number of pyridine rings is 1. The minimum Gasteiger partial charge on any atom is -0.494 e. The van der Waals surface area contributed by atoms with Crippen LogP contribution in [0, 0.1) is 10.8 Å².